The second-order valence-electron chi connectivity index (χ2n) is 4.21. The second kappa shape index (κ2) is 5.27. The molecule has 0 saturated carbocycles. The molecule has 0 atom stereocenters. The van der Waals surface area contributed by atoms with Gasteiger partial charge in [0.1, 0.15) is 0 Å². The molecule has 0 aliphatic heterocycles. The SMILES string of the molecule is Cc1cc(Br)cc(Nc2cc(N)cc([N+](=O)[O-])c2)c1. The van der Waals surface area contributed by atoms with Crippen LogP contribution in [0.5, 0.6) is 0 Å². The Kier molecular flexibility index (Phi) is 3.71. The van der Waals surface area contributed by atoms with Crippen molar-refractivity contribution in [3.05, 3.63) is 56.5 Å². The van der Waals surface area contributed by atoms with Crippen molar-refractivity contribution in [3.8, 4) is 0 Å². The van der Waals surface area contributed by atoms with Crippen LogP contribution in [0.25, 0.3) is 0 Å². The Labute approximate surface area is 118 Å². The molecule has 0 amide bonds. The Morgan fingerprint density at radius 3 is 2.47 bits per heavy atom. The summed E-state index contributed by atoms with van der Waals surface area (Å²) in [7, 11) is 0. The molecular formula is C13H12BrN3O2. The molecule has 0 unspecified atom stereocenters. The average Bonchev–Trinajstić information content (AvgIpc) is 2.26. The molecule has 3 N–H and O–H groups in total. The number of non-ortho nitro benzene ring substituents is 1. The van der Waals surface area contributed by atoms with Crippen LogP contribution in [0.2, 0.25) is 0 Å². The van der Waals surface area contributed by atoms with Crippen molar-refractivity contribution >= 4 is 38.7 Å². The van der Waals surface area contributed by atoms with E-state index in [9.17, 15) is 10.1 Å². The molecule has 19 heavy (non-hydrogen) atoms. The van der Waals surface area contributed by atoms with Crippen LogP contribution in [0, 0.1) is 17.0 Å². The molecule has 0 spiro atoms. The van der Waals surface area contributed by atoms with Crippen LogP contribution in [-0.2, 0) is 0 Å². The lowest BCUT2D eigenvalue weighted by Gasteiger charge is -2.09. The first-order valence-electron chi connectivity index (χ1n) is 5.53. The summed E-state index contributed by atoms with van der Waals surface area (Å²) in [6.45, 7) is 1.97. The normalized spacial score (nSPS) is 10.2. The van der Waals surface area contributed by atoms with Crippen molar-refractivity contribution in [2.45, 2.75) is 6.92 Å². The summed E-state index contributed by atoms with van der Waals surface area (Å²) in [5.74, 6) is 0. The van der Waals surface area contributed by atoms with E-state index in [-0.39, 0.29) is 5.69 Å². The summed E-state index contributed by atoms with van der Waals surface area (Å²) in [5.41, 5.74) is 8.48. The first-order valence-corrected chi connectivity index (χ1v) is 6.32. The van der Waals surface area contributed by atoms with Gasteiger partial charge in [-0.15, -0.1) is 0 Å². The number of nitrogens with one attached hydrogen (secondary N) is 1. The van der Waals surface area contributed by atoms with Crippen molar-refractivity contribution in [1.82, 2.24) is 0 Å². The van der Waals surface area contributed by atoms with Crippen LogP contribution in [0.3, 0.4) is 0 Å². The van der Waals surface area contributed by atoms with E-state index in [0.717, 1.165) is 15.7 Å². The standard InChI is InChI=1S/C13H12BrN3O2/c1-8-2-9(14)4-11(3-8)16-12-5-10(15)6-13(7-12)17(18)19/h2-7,16H,15H2,1H3. The van der Waals surface area contributed by atoms with Gasteiger partial charge < -0.3 is 11.1 Å². The number of nitrogens with two attached hydrogens (primary N) is 1. The Bertz CT molecular complexity index is 624. The van der Waals surface area contributed by atoms with E-state index in [2.05, 4.69) is 21.2 Å². The minimum absolute atomic E-state index is 0.0331. The van der Waals surface area contributed by atoms with Gasteiger partial charge in [0.15, 0.2) is 0 Å². The third-order valence-corrected chi connectivity index (χ3v) is 2.94. The number of hydrogen-bond acceptors (Lipinski definition) is 4. The van der Waals surface area contributed by atoms with Crippen LogP contribution in [0.1, 0.15) is 5.56 Å². The average molecular weight is 322 g/mol. The van der Waals surface area contributed by atoms with E-state index >= 15 is 0 Å². The Morgan fingerprint density at radius 2 is 1.84 bits per heavy atom. The number of anilines is 3. The smallest absolute Gasteiger partial charge is 0.273 e. The summed E-state index contributed by atoms with van der Waals surface area (Å²) in [5, 5.41) is 13.9. The van der Waals surface area contributed by atoms with Gasteiger partial charge in [-0.05, 0) is 36.8 Å². The molecule has 0 saturated heterocycles. The van der Waals surface area contributed by atoms with Gasteiger partial charge in [0.05, 0.1) is 4.92 Å². The van der Waals surface area contributed by atoms with E-state index in [1.165, 1.54) is 12.1 Å². The fourth-order valence-electron chi connectivity index (χ4n) is 1.79. The summed E-state index contributed by atoms with van der Waals surface area (Å²) in [4.78, 5) is 10.3. The fraction of sp³-hybridized carbons (Fsp3) is 0.0769. The topological polar surface area (TPSA) is 81.2 Å². The van der Waals surface area contributed by atoms with Gasteiger partial charge in [0.25, 0.3) is 5.69 Å². The molecule has 0 bridgehead atoms. The molecule has 0 fully saturated rings. The summed E-state index contributed by atoms with van der Waals surface area (Å²) in [6.07, 6.45) is 0. The molecule has 2 aromatic carbocycles. The zero-order valence-electron chi connectivity index (χ0n) is 10.2. The zero-order valence-corrected chi connectivity index (χ0v) is 11.8. The zero-order chi connectivity index (χ0) is 14.0. The number of nitrogen functional groups attached to an aromatic ring is 1. The van der Waals surface area contributed by atoms with Crippen LogP contribution < -0.4 is 11.1 Å². The molecule has 2 aromatic rings. The predicted octanol–water partition coefficient (Wildman–Crippen LogP) is 3.99. The van der Waals surface area contributed by atoms with Crippen molar-refractivity contribution < 1.29 is 4.92 Å². The Morgan fingerprint density at radius 1 is 1.16 bits per heavy atom. The van der Waals surface area contributed by atoms with Gasteiger partial charge in [-0.1, -0.05) is 15.9 Å². The minimum Gasteiger partial charge on any atom is -0.398 e. The lowest BCUT2D eigenvalue weighted by Crippen LogP contribution is -1.96. The molecule has 0 radical (unpaired) electrons. The maximum absolute atomic E-state index is 10.8. The summed E-state index contributed by atoms with van der Waals surface area (Å²) >= 11 is 3.41. The van der Waals surface area contributed by atoms with E-state index < -0.39 is 4.92 Å². The number of halogens is 1. The highest BCUT2D eigenvalue weighted by atomic mass is 79.9. The lowest BCUT2D eigenvalue weighted by atomic mass is 10.2. The maximum atomic E-state index is 10.8. The molecule has 0 aromatic heterocycles. The Hall–Kier alpha value is -2.08. The number of nitro groups is 1. The molecule has 0 heterocycles. The first kappa shape index (κ1) is 13.4. The van der Waals surface area contributed by atoms with Crippen LogP contribution in [0.4, 0.5) is 22.7 Å². The van der Waals surface area contributed by atoms with Crippen LogP contribution in [0.15, 0.2) is 40.9 Å². The first-order chi connectivity index (χ1) is 8.94. The monoisotopic (exact) mass is 321 g/mol. The number of aryl methyl sites for hydroxylation is 1. The number of benzene rings is 2. The molecule has 98 valence electrons. The van der Waals surface area contributed by atoms with E-state index in [0.29, 0.717) is 11.4 Å². The van der Waals surface area contributed by atoms with Gasteiger partial charge in [-0.3, -0.25) is 10.1 Å². The summed E-state index contributed by atoms with van der Waals surface area (Å²) < 4.78 is 0.938. The molecular weight excluding hydrogens is 310 g/mol. The van der Waals surface area contributed by atoms with Crippen molar-refractivity contribution in [2.24, 2.45) is 0 Å². The van der Waals surface area contributed by atoms with Crippen molar-refractivity contribution in [2.75, 3.05) is 11.1 Å². The van der Waals surface area contributed by atoms with Gasteiger partial charge in [-0.2, -0.15) is 0 Å². The second-order valence-corrected chi connectivity index (χ2v) is 5.13. The van der Waals surface area contributed by atoms with E-state index in [1.54, 1.807) is 6.07 Å². The third kappa shape index (κ3) is 3.45. The molecule has 6 heteroatoms. The van der Waals surface area contributed by atoms with Gasteiger partial charge in [0.2, 0.25) is 0 Å². The van der Waals surface area contributed by atoms with E-state index in [4.69, 9.17) is 5.73 Å². The lowest BCUT2D eigenvalue weighted by molar-refractivity contribution is -0.384. The Balaban J connectivity index is 2.35. The molecule has 0 aliphatic carbocycles. The molecule has 5 nitrogen and oxygen atoms in total. The summed E-state index contributed by atoms with van der Waals surface area (Å²) in [6, 6.07) is 10.3. The maximum Gasteiger partial charge on any atom is 0.273 e. The van der Waals surface area contributed by atoms with Gasteiger partial charge >= 0.3 is 0 Å². The molecule has 2 rings (SSSR count). The number of rotatable bonds is 3. The molecule has 0 aliphatic rings. The minimum atomic E-state index is -0.465. The fourth-order valence-corrected chi connectivity index (χ4v) is 2.40. The van der Waals surface area contributed by atoms with Crippen LogP contribution in [-0.4, -0.2) is 4.92 Å². The largest absolute Gasteiger partial charge is 0.398 e. The highest BCUT2D eigenvalue weighted by Gasteiger charge is 2.08. The van der Waals surface area contributed by atoms with Crippen molar-refractivity contribution in [1.29, 1.82) is 0 Å². The van der Waals surface area contributed by atoms with E-state index in [1.807, 2.05) is 25.1 Å². The van der Waals surface area contributed by atoms with Gasteiger partial charge in [-0.25, -0.2) is 0 Å². The highest BCUT2D eigenvalue weighted by molar-refractivity contribution is 9.10. The van der Waals surface area contributed by atoms with Crippen molar-refractivity contribution in [3.63, 3.8) is 0 Å². The van der Waals surface area contributed by atoms with Crippen LogP contribution >= 0.6 is 15.9 Å². The third-order valence-electron chi connectivity index (χ3n) is 2.48. The number of nitro benzene ring substituents is 1. The van der Waals surface area contributed by atoms with Gasteiger partial charge in [0, 0.05) is 33.7 Å². The highest BCUT2D eigenvalue weighted by Crippen LogP contribution is 2.27. The number of nitrogens with zero attached hydrogens (tertiary/aromatic N) is 1. The number of hydrogen-bond donors (Lipinski definition) is 2. The predicted molar refractivity (Wildman–Crippen MR) is 79.7 cm³/mol. The quantitative estimate of drug-likeness (QED) is 0.508.